The molecule has 11 heavy (non-hydrogen) atoms. The summed E-state index contributed by atoms with van der Waals surface area (Å²) in [6.07, 6.45) is 5.47. The number of nitrogens with zero attached hydrogens (tertiary/aromatic N) is 1. The monoisotopic (exact) mass is 161 g/mol. The summed E-state index contributed by atoms with van der Waals surface area (Å²) in [5.41, 5.74) is 0. The van der Waals surface area contributed by atoms with Crippen molar-refractivity contribution < 1.29 is 5.48 Å². The van der Waals surface area contributed by atoms with E-state index in [0.29, 0.717) is 0 Å². The first-order chi connectivity index (χ1) is 4.81. The summed E-state index contributed by atoms with van der Waals surface area (Å²) in [5, 5.41) is 0. The van der Waals surface area contributed by atoms with Crippen LogP contribution < -0.4 is 0 Å². The molecule has 0 amide bonds. The van der Waals surface area contributed by atoms with E-state index in [1.807, 2.05) is 0 Å². The van der Waals surface area contributed by atoms with E-state index in [1.54, 1.807) is 0 Å². The molecule has 0 aromatic carbocycles. The zero-order chi connectivity index (χ0) is 7.82. The summed E-state index contributed by atoms with van der Waals surface area (Å²) in [6.45, 7) is 7.00. The third-order valence-corrected chi connectivity index (χ3v) is 1.83. The van der Waals surface area contributed by atoms with Gasteiger partial charge < -0.3 is 10.4 Å². The lowest BCUT2D eigenvalue weighted by molar-refractivity contribution is 0.418. The van der Waals surface area contributed by atoms with Gasteiger partial charge in [0.2, 0.25) is 0 Å². The first kappa shape index (κ1) is 13.5. The van der Waals surface area contributed by atoms with E-state index >= 15 is 0 Å². The van der Waals surface area contributed by atoms with Crippen LogP contribution in [-0.2, 0) is 0 Å². The molecular formula is C9H23NO. The minimum absolute atomic E-state index is 0. The first-order valence-corrected chi connectivity index (χ1v) is 4.49. The van der Waals surface area contributed by atoms with Gasteiger partial charge in [0.15, 0.2) is 0 Å². The predicted molar refractivity (Wildman–Crippen MR) is 50.9 cm³/mol. The fourth-order valence-electron chi connectivity index (χ4n) is 0.875. The minimum Gasteiger partial charge on any atom is -0.412 e. The lowest BCUT2D eigenvalue weighted by Crippen LogP contribution is -2.10. The van der Waals surface area contributed by atoms with Crippen molar-refractivity contribution in [1.29, 1.82) is 0 Å². The van der Waals surface area contributed by atoms with Crippen molar-refractivity contribution in [2.24, 2.45) is 0 Å². The van der Waals surface area contributed by atoms with Gasteiger partial charge in [-0.1, -0.05) is 26.7 Å². The largest absolute Gasteiger partial charge is 0.412 e. The van der Waals surface area contributed by atoms with Crippen LogP contribution in [0.4, 0.5) is 0 Å². The molecule has 0 spiro atoms. The summed E-state index contributed by atoms with van der Waals surface area (Å²) in [4.78, 5) is 2.36. The normalized spacial score (nSPS) is 16.6. The molecule has 70 valence electrons. The number of hydrogen-bond acceptors (Lipinski definition) is 1. The Bertz CT molecular complexity index is 58.6. The van der Waals surface area contributed by atoms with Crippen molar-refractivity contribution in [3.63, 3.8) is 0 Å². The lowest BCUT2D eigenvalue weighted by atomic mass is 10.4. The Morgan fingerprint density at radius 3 is 1.45 bits per heavy atom. The number of hydrogen-bond donors (Lipinski definition) is 0. The maximum absolute atomic E-state index is 2.36. The van der Waals surface area contributed by atoms with Crippen LogP contribution in [0.3, 0.4) is 0 Å². The topological polar surface area (TPSA) is 34.7 Å². The van der Waals surface area contributed by atoms with Crippen molar-refractivity contribution in [3.05, 3.63) is 0 Å². The van der Waals surface area contributed by atoms with Gasteiger partial charge in [-0.15, -0.1) is 0 Å². The Hall–Kier alpha value is -0.0800. The lowest BCUT2D eigenvalue weighted by Gasteiger charge is -2.01. The van der Waals surface area contributed by atoms with Gasteiger partial charge in [-0.05, 0) is 33.0 Å². The second kappa shape index (κ2) is 9.92. The van der Waals surface area contributed by atoms with Crippen LogP contribution >= 0.6 is 0 Å². The Kier molecular flexibility index (Phi) is 12.2. The van der Waals surface area contributed by atoms with Crippen LogP contribution in [-0.4, -0.2) is 30.5 Å². The van der Waals surface area contributed by atoms with Gasteiger partial charge in [0.25, 0.3) is 0 Å². The average Bonchev–Trinajstić information content (AvgIpc) is 2.40. The minimum atomic E-state index is 0. The van der Waals surface area contributed by atoms with Gasteiger partial charge in [0, 0.05) is 0 Å². The maximum Gasteiger partial charge on any atom is -0.00213 e. The van der Waals surface area contributed by atoms with Gasteiger partial charge in [0.05, 0.1) is 0 Å². The van der Waals surface area contributed by atoms with Crippen LogP contribution in [0.2, 0.25) is 0 Å². The highest BCUT2D eigenvalue weighted by Gasteiger charge is 2.03. The summed E-state index contributed by atoms with van der Waals surface area (Å²) >= 11 is 0. The van der Waals surface area contributed by atoms with Crippen molar-refractivity contribution in [2.75, 3.05) is 20.1 Å². The van der Waals surface area contributed by atoms with Gasteiger partial charge in [-0.25, -0.2) is 0 Å². The average molecular weight is 161 g/mol. The van der Waals surface area contributed by atoms with Gasteiger partial charge >= 0.3 is 0 Å². The Balaban J connectivity index is 0. The number of likely N-dealkylation sites (tertiary alicyclic amines) is 1. The van der Waals surface area contributed by atoms with E-state index in [0.717, 1.165) is 0 Å². The van der Waals surface area contributed by atoms with E-state index < -0.39 is 0 Å². The molecule has 1 saturated heterocycles. The van der Waals surface area contributed by atoms with E-state index in [-0.39, 0.29) is 5.48 Å². The second-order valence-corrected chi connectivity index (χ2v) is 3.01. The third-order valence-electron chi connectivity index (χ3n) is 1.83. The molecule has 2 heteroatoms. The fraction of sp³-hybridized carbons (Fsp3) is 1.00. The summed E-state index contributed by atoms with van der Waals surface area (Å²) in [6, 6.07) is 0. The van der Waals surface area contributed by atoms with Crippen LogP contribution in [0.25, 0.3) is 0 Å². The van der Waals surface area contributed by atoms with Gasteiger partial charge in [0.1, 0.15) is 0 Å². The molecule has 1 aliphatic heterocycles. The molecule has 0 bridgehead atoms. The Labute approximate surface area is 70.9 Å². The van der Waals surface area contributed by atoms with Crippen molar-refractivity contribution in [1.82, 2.24) is 4.90 Å². The third kappa shape index (κ3) is 9.92. The molecule has 1 rings (SSSR count). The molecule has 1 aliphatic rings. The number of rotatable bonds is 1. The van der Waals surface area contributed by atoms with E-state index in [9.17, 15) is 0 Å². The molecule has 1 fully saturated rings. The fourth-order valence-corrected chi connectivity index (χ4v) is 0.875. The highest BCUT2D eigenvalue weighted by Crippen LogP contribution is 2.01. The van der Waals surface area contributed by atoms with E-state index in [1.165, 1.54) is 38.8 Å². The van der Waals surface area contributed by atoms with E-state index in [4.69, 9.17) is 0 Å². The molecule has 1 heterocycles. The van der Waals surface area contributed by atoms with Crippen LogP contribution in [0.1, 0.15) is 39.5 Å². The molecule has 0 unspecified atom stereocenters. The molecule has 0 atom stereocenters. The Morgan fingerprint density at radius 2 is 1.36 bits per heavy atom. The van der Waals surface area contributed by atoms with Crippen molar-refractivity contribution in [3.8, 4) is 0 Å². The highest BCUT2D eigenvalue weighted by atomic mass is 16.0. The van der Waals surface area contributed by atoms with Crippen LogP contribution in [0, 0.1) is 0 Å². The van der Waals surface area contributed by atoms with Crippen molar-refractivity contribution >= 4 is 0 Å². The first-order valence-electron chi connectivity index (χ1n) is 4.49. The SMILES string of the molecule is CCCC.CN1CCCC1.O. The molecule has 2 N–H and O–H groups in total. The molecule has 0 aromatic rings. The van der Waals surface area contributed by atoms with Gasteiger partial charge in [-0.2, -0.15) is 0 Å². The molecule has 0 aromatic heterocycles. The smallest absolute Gasteiger partial charge is 0.00213 e. The summed E-state index contributed by atoms with van der Waals surface area (Å²) < 4.78 is 0. The summed E-state index contributed by atoms with van der Waals surface area (Å²) in [5.74, 6) is 0. The standard InChI is InChI=1S/C5H11N.C4H10.H2O/c1-6-4-2-3-5-6;1-3-4-2;/h2-5H2,1H3;3-4H2,1-2H3;1H2. The molecule has 2 nitrogen and oxygen atoms in total. The quantitative estimate of drug-likeness (QED) is 0.576. The van der Waals surface area contributed by atoms with Crippen LogP contribution in [0.5, 0.6) is 0 Å². The molecule has 0 saturated carbocycles. The predicted octanol–water partition coefficient (Wildman–Crippen LogP) is 1.69. The second-order valence-electron chi connectivity index (χ2n) is 3.01. The highest BCUT2D eigenvalue weighted by molar-refractivity contribution is 4.59. The zero-order valence-electron chi connectivity index (χ0n) is 8.19. The zero-order valence-corrected chi connectivity index (χ0v) is 8.19. The van der Waals surface area contributed by atoms with E-state index in [2.05, 4.69) is 25.8 Å². The van der Waals surface area contributed by atoms with Crippen LogP contribution in [0.15, 0.2) is 0 Å². The van der Waals surface area contributed by atoms with Crippen molar-refractivity contribution in [2.45, 2.75) is 39.5 Å². The number of unbranched alkanes of at least 4 members (excludes halogenated alkanes) is 1. The maximum atomic E-state index is 2.36. The Morgan fingerprint density at radius 1 is 1.00 bits per heavy atom. The summed E-state index contributed by atoms with van der Waals surface area (Å²) in [7, 11) is 2.17. The van der Waals surface area contributed by atoms with Gasteiger partial charge in [-0.3, -0.25) is 0 Å². The molecular weight excluding hydrogens is 138 g/mol. The molecule has 0 radical (unpaired) electrons. The molecule has 0 aliphatic carbocycles.